The maximum atomic E-state index is 12.8. The lowest BCUT2D eigenvalue weighted by Gasteiger charge is -2.49. The van der Waals surface area contributed by atoms with Crippen LogP contribution in [-0.2, 0) is 16.0 Å². The van der Waals surface area contributed by atoms with Crippen molar-refractivity contribution in [2.24, 2.45) is 0 Å². The van der Waals surface area contributed by atoms with Crippen LogP contribution >= 0.6 is 11.6 Å². The molecule has 0 spiro atoms. The molecule has 194 valence electrons. The molecule has 0 bridgehead atoms. The zero-order valence-electron chi connectivity index (χ0n) is 19.9. The summed E-state index contributed by atoms with van der Waals surface area (Å²) in [4.78, 5) is 23.0. The third kappa shape index (κ3) is 5.79. The predicted molar refractivity (Wildman–Crippen MR) is 131 cm³/mol. The molecule has 0 N–H and O–H groups in total. The summed E-state index contributed by atoms with van der Waals surface area (Å²) in [6, 6.07) is 14.5. The van der Waals surface area contributed by atoms with Gasteiger partial charge in [0, 0.05) is 68.5 Å². The van der Waals surface area contributed by atoms with Gasteiger partial charge in [-0.1, -0.05) is 29.8 Å². The fourth-order valence-corrected chi connectivity index (χ4v) is 6.04. The summed E-state index contributed by atoms with van der Waals surface area (Å²) in [5, 5.41) is 0.690. The molecule has 0 aliphatic carbocycles. The predicted octanol–water partition coefficient (Wildman–Crippen LogP) is 4.18. The number of ether oxygens (including phenoxy) is 1. The molecule has 0 radical (unpaired) electrons. The van der Waals surface area contributed by atoms with Crippen molar-refractivity contribution in [2.45, 2.75) is 56.1 Å². The average Bonchev–Trinajstić information content (AvgIpc) is 3.26. The Morgan fingerprint density at radius 2 is 1.78 bits per heavy atom. The number of carbonyl (C=O) groups excluding carboxylic acids is 1. The van der Waals surface area contributed by atoms with Gasteiger partial charge in [-0.2, -0.15) is 13.2 Å². The van der Waals surface area contributed by atoms with E-state index in [4.69, 9.17) is 16.3 Å². The number of carbonyl (C=O) groups is 1. The van der Waals surface area contributed by atoms with Crippen LogP contribution in [0.2, 0.25) is 5.02 Å². The highest BCUT2D eigenvalue weighted by Crippen LogP contribution is 2.33. The fourth-order valence-electron chi connectivity index (χ4n) is 5.91. The number of hydrogen-bond acceptors (Lipinski definition) is 6. The average molecular weight is 523 g/mol. The summed E-state index contributed by atoms with van der Waals surface area (Å²) in [6.07, 6.45) is -0.642. The van der Waals surface area contributed by atoms with Crippen LogP contribution < -0.4 is 4.90 Å². The first-order chi connectivity index (χ1) is 17.3. The van der Waals surface area contributed by atoms with Crippen molar-refractivity contribution in [2.75, 3.05) is 37.6 Å². The molecule has 0 unspecified atom stereocenters. The summed E-state index contributed by atoms with van der Waals surface area (Å²) in [5.41, 5.74) is 1.18. The van der Waals surface area contributed by atoms with E-state index in [1.54, 1.807) is 0 Å². The number of anilines is 1. The van der Waals surface area contributed by atoms with Crippen LogP contribution in [0.1, 0.15) is 24.8 Å². The van der Waals surface area contributed by atoms with E-state index in [0.717, 1.165) is 51.3 Å². The number of benzene rings is 1. The van der Waals surface area contributed by atoms with Crippen LogP contribution in [0.3, 0.4) is 0 Å². The van der Waals surface area contributed by atoms with Crippen LogP contribution in [-0.4, -0.2) is 83.9 Å². The lowest BCUT2D eigenvalue weighted by atomic mass is 9.94. The molecule has 5 rings (SSSR count). The lowest BCUT2D eigenvalue weighted by Crippen LogP contribution is -2.61. The van der Waals surface area contributed by atoms with Crippen LogP contribution in [0, 0.1) is 0 Å². The fraction of sp³-hybridized carbons (Fsp3) is 0.538. The Morgan fingerprint density at radius 3 is 2.44 bits per heavy atom. The zero-order chi connectivity index (χ0) is 25.3. The molecule has 36 heavy (non-hydrogen) atoms. The second-order valence-electron chi connectivity index (χ2n) is 9.96. The molecule has 2 aromatic rings. The normalized spacial score (nSPS) is 26.1. The molecule has 4 heterocycles. The number of hydrogen-bond donors (Lipinski definition) is 0. The number of esters is 1. The largest absolute Gasteiger partial charge is 0.490 e. The van der Waals surface area contributed by atoms with Crippen molar-refractivity contribution in [3.05, 3.63) is 59.2 Å². The van der Waals surface area contributed by atoms with Gasteiger partial charge in [-0.3, -0.25) is 9.80 Å². The number of halogens is 4. The number of aromatic nitrogens is 1. The van der Waals surface area contributed by atoms with E-state index in [1.165, 1.54) is 5.56 Å². The number of piperidine rings is 1. The van der Waals surface area contributed by atoms with Crippen LogP contribution in [0.15, 0.2) is 48.7 Å². The Balaban J connectivity index is 1.28. The summed E-state index contributed by atoms with van der Waals surface area (Å²) in [7, 11) is 0. The molecule has 1 aromatic heterocycles. The van der Waals surface area contributed by atoms with Crippen molar-refractivity contribution >= 4 is 23.4 Å². The van der Waals surface area contributed by atoms with E-state index < -0.39 is 18.2 Å². The van der Waals surface area contributed by atoms with Crippen molar-refractivity contribution in [1.29, 1.82) is 0 Å². The maximum absolute atomic E-state index is 12.8. The van der Waals surface area contributed by atoms with Crippen LogP contribution in [0.4, 0.5) is 19.0 Å². The third-order valence-electron chi connectivity index (χ3n) is 7.62. The monoisotopic (exact) mass is 522 g/mol. The van der Waals surface area contributed by atoms with E-state index in [1.807, 2.05) is 48.7 Å². The molecule has 10 heteroatoms. The molecular formula is C26H30ClF3N4O2. The highest BCUT2D eigenvalue weighted by Gasteiger charge is 2.47. The highest BCUT2D eigenvalue weighted by molar-refractivity contribution is 6.30. The first-order valence-electron chi connectivity index (χ1n) is 12.4. The van der Waals surface area contributed by atoms with Gasteiger partial charge < -0.3 is 9.64 Å². The molecule has 3 saturated heterocycles. The van der Waals surface area contributed by atoms with Gasteiger partial charge in [-0.15, -0.1) is 0 Å². The van der Waals surface area contributed by atoms with Gasteiger partial charge in [0.05, 0.1) is 0 Å². The SMILES string of the molecule is O=C(O[C@@H]1C[C@H]2CN(C3CCN(c4ccccn4)CC3)[C@@H](Cc3ccc(Cl)cc3)CN2C1)C(F)(F)F. The van der Waals surface area contributed by atoms with Crippen molar-refractivity contribution < 1.29 is 22.7 Å². The van der Waals surface area contributed by atoms with Gasteiger partial charge in [0.2, 0.25) is 0 Å². The third-order valence-corrected chi connectivity index (χ3v) is 7.87. The van der Waals surface area contributed by atoms with E-state index in [9.17, 15) is 18.0 Å². The molecule has 3 fully saturated rings. The highest BCUT2D eigenvalue weighted by atomic mass is 35.5. The summed E-state index contributed by atoms with van der Waals surface area (Å²) >= 11 is 6.08. The molecule has 0 amide bonds. The van der Waals surface area contributed by atoms with Gasteiger partial charge in [-0.25, -0.2) is 9.78 Å². The molecule has 3 atom stereocenters. The number of rotatable bonds is 5. The number of piperazine rings is 1. The van der Waals surface area contributed by atoms with Gasteiger partial charge >= 0.3 is 12.1 Å². The second kappa shape index (κ2) is 10.6. The topological polar surface area (TPSA) is 48.9 Å². The standard InChI is InChI=1S/C26H30ClF3N4O2/c27-19-6-4-18(5-7-19)13-22-15-33-17-23(36-25(35)26(28,29)30)14-21(33)16-34(22)20-8-11-32(12-9-20)24-3-1-2-10-31-24/h1-7,10,20-23H,8-9,11-17H2/t21-,22-,23+/m0/s1. The smallest absolute Gasteiger partial charge is 0.454 e. The van der Waals surface area contributed by atoms with Crippen molar-refractivity contribution in [1.82, 2.24) is 14.8 Å². The summed E-state index contributed by atoms with van der Waals surface area (Å²) in [5.74, 6) is -1.10. The van der Waals surface area contributed by atoms with Crippen molar-refractivity contribution in [3.63, 3.8) is 0 Å². The Labute approximate surface area is 214 Å². The number of alkyl halides is 3. The second-order valence-corrected chi connectivity index (χ2v) is 10.4. The quantitative estimate of drug-likeness (QED) is 0.549. The first-order valence-corrected chi connectivity index (χ1v) is 12.8. The molecule has 3 aliphatic heterocycles. The summed E-state index contributed by atoms with van der Waals surface area (Å²) < 4.78 is 43.1. The molecule has 3 aliphatic rings. The van der Waals surface area contributed by atoms with Gasteiger partial charge in [0.1, 0.15) is 11.9 Å². The minimum absolute atomic E-state index is 0.0753. The Hall–Kier alpha value is -2.36. The molecule has 0 saturated carbocycles. The van der Waals surface area contributed by atoms with Crippen molar-refractivity contribution in [3.8, 4) is 0 Å². The molecule has 6 nitrogen and oxygen atoms in total. The van der Waals surface area contributed by atoms with E-state index >= 15 is 0 Å². The van der Waals surface area contributed by atoms with Gasteiger partial charge in [0.25, 0.3) is 0 Å². The number of pyridine rings is 1. The van der Waals surface area contributed by atoms with E-state index in [-0.39, 0.29) is 12.1 Å². The Bertz CT molecular complexity index is 1030. The van der Waals surface area contributed by atoms with Crippen LogP contribution in [0.25, 0.3) is 0 Å². The minimum atomic E-state index is -4.96. The zero-order valence-corrected chi connectivity index (χ0v) is 20.7. The Morgan fingerprint density at radius 1 is 1.03 bits per heavy atom. The first kappa shape index (κ1) is 25.3. The lowest BCUT2D eigenvalue weighted by molar-refractivity contribution is -0.204. The summed E-state index contributed by atoms with van der Waals surface area (Å²) in [6.45, 7) is 3.65. The molecular weight excluding hydrogens is 493 g/mol. The van der Waals surface area contributed by atoms with E-state index in [0.29, 0.717) is 24.0 Å². The van der Waals surface area contributed by atoms with Gasteiger partial charge in [-0.05, 0) is 49.1 Å². The Kier molecular flexibility index (Phi) is 7.42. The number of fused-ring (bicyclic) bond motifs is 1. The maximum Gasteiger partial charge on any atom is 0.490 e. The van der Waals surface area contributed by atoms with Gasteiger partial charge in [0.15, 0.2) is 0 Å². The number of nitrogens with zero attached hydrogens (tertiary/aromatic N) is 4. The van der Waals surface area contributed by atoms with Crippen LogP contribution in [0.5, 0.6) is 0 Å². The molecule has 1 aromatic carbocycles. The minimum Gasteiger partial charge on any atom is -0.454 e. The van der Waals surface area contributed by atoms with E-state index in [2.05, 4.69) is 19.7 Å².